The van der Waals surface area contributed by atoms with Gasteiger partial charge in [0.05, 0.1) is 5.69 Å². The predicted molar refractivity (Wildman–Crippen MR) is 87.6 cm³/mol. The van der Waals surface area contributed by atoms with Gasteiger partial charge >= 0.3 is 6.09 Å². The van der Waals surface area contributed by atoms with Crippen LogP contribution < -0.4 is 10.2 Å². The molecule has 0 radical (unpaired) electrons. The Balaban J connectivity index is 1.93. The molecule has 0 bridgehead atoms. The maximum absolute atomic E-state index is 10.6. The van der Waals surface area contributed by atoms with Crippen LogP contribution in [0.4, 0.5) is 10.5 Å². The van der Waals surface area contributed by atoms with Gasteiger partial charge in [0, 0.05) is 55.9 Å². The van der Waals surface area contributed by atoms with Crippen molar-refractivity contribution < 1.29 is 9.90 Å². The van der Waals surface area contributed by atoms with Gasteiger partial charge in [0.25, 0.3) is 0 Å². The van der Waals surface area contributed by atoms with E-state index in [9.17, 15) is 4.79 Å². The van der Waals surface area contributed by atoms with Gasteiger partial charge in [0.2, 0.25) is 0 Å². The Labute approximate surface area is 133 Å². The monoisotopic (exact) mass is 311 g/mol. The van der Waals surface area contributed by atoms with E-state index in [4.69, 9.17) is 5.11 Å². The van der Waals surface area contributed by atoms with Crippen molar-refractivity contribution in [2.75, 3.05) is 19.0 Å². The van der Waals surface area contributed by atoms with E-state index < -0.39 is 6.09 Å². The zero-order valence-electron chi connectivity index (χ0n) is 12.9. The molecule has 7 nitrogen and oxygen atoms in total. The zero-order chi connectivity index (χ0) is 16.4. The van der Waals surface area contributed by atoms with Crippen LogP contribution in [-0.4, -0.2) is 39.9 Å². The van der Waals surface area contributed by atoms with Crippen LogP contribution in [0.3, 0.4) is 0 Å². The fraction of sp³-hybridized carbons (Fsp3) is 0.188. The number of aromatic nitrogens is 3. The average Bonchev–Trinajstić information content (AvgIpc) is 2.96. The minimum Gasteiger partial charge on any atom is -0.465 e. The molecule has 23 heavy (non-hydrogen) atoms. The molecule has 0 fully saturated rings. The van der Waals surface area contributed by atoms with Crippen molar-refractivity contribution in [2.45, 2.75) is 6.54 Å². The molecule has 0 aliphatic carbocycles. The molecule has 2 heterocycles. The summed E-state index contributed by atoms with van der Waals surface area (Å²) in [5.41, 5.74) is 4.39. The lowest BCUT2D eigenvalue weighted by Gasteiger charge is -2.12. The molecule has 0 saturated carbocycles. The molecule has 2 N–H and O–H groups in total. The summed E-state index contributed by atoms with van der Waals surface area (Å²) in [7, 11) is 3.98. The molecule has 3 aromatic rings. The standard InChI is InChI=1S/C16H17N5O2/c1-20(2)13-5-3-4-12(6-13)14-7-15-17-8-11(9-18-16(22)23)10-21(15)19-14/h3-8,10,18H,9H2,1-2H3,(H,22,23). The molecule has 0 saturated heterocycles. The van der Waals surface area contributed by atoms with Gasteiger partial charge in [0.15, 0.2) is 5.65 Å². The number of rotatable bonds is 4. The molecular formula is C16H17N5O2. The van der Waals surface area contributed by atoms with Gasteiger partial charge in [-0.3, -0.25) is 0 Å². The summed E-state index contributed by atoms with van der Waals surface area (Å²) < 4.78 is 1.66. The highest BCUT2D eigenvalue weighted by Crippen LogP contribution is 2.23. The second-order valence-corrected chi connectivity index (χ2v) is 5.40. The predicted octanol–water partition coefficient (Wildman–Crippen LogP) is 2.23. The number of nitrogens with one attached hydrogen (secondary N) is 1. The second kappa shape index (κ2) is 5.96. The Morgan fingerprint density at radius 2 is 2.17 bits per heavy atom. The van der Waals surface area contributed by atoms with Crippen LogP contribution in [0.5, 0.6) is 0 Å². The van der Waals surface area contributed by atoms with Crippen molar-refractivity contribution in [3.63, 3.8) is 0 Å². The van der Waals surface area contributed by atoms with E-state index in [1.165, 1.54) is 0 Å². The van der Waals surface area contributed by atoms with E-state index in [-0.39, 0.29) is 6.54 Å². The first-order valence-electron chi connectivity index (χ1n) is 7.12. The van der Waals surface area contributed by atoms with Crippen molar-refractivity contribution in [1.82, 2.24) is 19.9 Å². The van der Waals surface area contributed by atoms with E-state index in [0.717, 1.165) is 22.5 Å². The summed E-state index contributed by atoms with van der Waals surface area (Å²) in [6.45, 7) is 0.198. The number of amides is 1. The van der Waals surface area contributed by atoms with Crippen LogP contribution in [0.1, 0.15) is 5.56 Å². The normalized spacial score (nSPS) is 10.7. The molecule has 0 aliphatic heterocycles. The maximum Gasteiger partial charge on any atom is 0.404 e. The minimum atomic E-state index is -1.06. The number of nitrogens with zero attached hydrogens (tertiary/aromatic N) is 4. The van der Waals surface area contributed by atoms with E-state index in [1.54, 1.807) is 16.9 Å². The molecule has 0 atom stereocenters. The van der Waals surface area contributed by atoms with E-state index >= 15 is 0 Å². The van der Waals surface area contributed by atoms with Gasteiger partial charge in [-0.05, 0) is 12.1 Å². The van der Waals surface area contributed by atoms with Gasteiger partial charge < -0.3 is 15.3 Å². The highest BCUT2D eigenvalue weighted by molar-refractivity contribution is 5.68. The third-order valence-electron chi connectivity index (χ3n) is 3.47. The Morgan fingerprint density at radius 1 is 1.35 bits per heavy atom. The maximum atomic E-state index is 10.6. The summed E-state index contributed by atoms with van der Waals surface area (Å²) in [6, 6.07) is 10.00. The first kappa shape index (κ1) is 14.8. The Bertz CT molecular complexity index is 857. The summed E-state index contributed by atoms with van der Waals surface area (Å²) >= 11 is 0. The lowest BCUT2D eigenvalue weighted by molar-refractivity contribution is 0.194. The van der Waals surface area contributed by atoms with Crippen LogP contribution >= 0.6 is 0 Å². The van der Waals surface area contributed by atoms with E-state index in [0.29, 0.717) is 5.65 Å². The quantitative estimate of drug-likeness (QED) is 0.772. The number of benzene rings is 1. The lowest BCUT2D eigenvalue weighted by Crippen LogP contribution is -2.20. The minimum absolute atomic E-state index is 0.198. The average molecular weight is 311 g/mol. The van der Waals surface area contributed by atoms with Crippen LogP contribution in [0.15, 0.2) is 42.7 Å². The number of carboxylic acid groups (broad SMARTS) is 1. The van der Waals surface area contributed by atoms with Crippen LogP contribution in [0.2, 0.25) is 0 Å². The molecule has 1 aromatic carbocycles. The van der Waals surface area contributed by atoms with E-state index in [1.807, 2.05) is 43.3 Å². The molecule has 3 rings (SSSR count). The third kappa shape index (κ3) is 3.23. The van der Waals surface area contributed by atoms with Crippen molar-refractivity contribution >= 4 is 17.4 Å². The Hall–Kier alpha value is -3.09. The summed E-state index contributed by atoms with van der Waals surface area (Å²) in [6.07, 6.45) is 2.36. The van der Waals surface area contributed by atoms with Crippen LogP contribution in [0.25, 0.3) is 16.9 Å². The van der Waals surface area contributed by atoms with Crippen molar-refractivity contribution in [3.05, 3.63) is 48.3 Å². The molecule has 0 aliphatic rings. The number of fused-ring (bicyclic) bond motifs is 1. The molecule has 118 valence electrons. The first-order chi connectivity index (χ1) is 11.0. The highest BCUT2D eigenvalue weighted by Gasteiger charge is 2.08. The highest BCUT2D eigenvalue weighted by atomic mass is 16.4. The number of carbonyl (C=O) groups is 1. The second-order valence-electron chi connectivity index (χ2n) is 5.40. The largest absolute Gasteiger partial charge is 0.465 e. The molecule has 0 spiro atoms. The summed E-state index contributed by atoms with van der Waals surface area (Å²) in [5.74, 6) is 0. The van der Waals surface area contributed by atoms with Crippen molar-refractivity contribution in [3.8, 4) is 11.3 Å². The van der Waals surface area contributed by atoms with Gasteiger partial charge in [-0.1, -0.05) is 12.1 Å². The summed E-state index contributed by atoms with van der Waals surface area (Å²) in [4.78, 5) is 16.9. The number of hydrogen-bond donors (Lipinski definition) is 2. The Kier molecular flexibility index (Phi) is 3.84. The van der Waals surface area contributed by atoms with Crippen molar-refractivity contribution in [2.24, 2.45) is 0 Å². The molecule has 2 aromatic heterocycles. The Morgan fingerprint density at radius 3 is 2.91 bits per heavy atom. The van der Waals surface area contributed by atoms with Crippen LogP contribution in [-0.2, 0) is 6.54 Å². The fourth-order valence-corrected chi connectivity index (χ4v) is 2.27. The molecular weight excluding hydrogens is 294 g/mol. The number of anilines is 1. The van der Waals surface area contributed by atoms with Gasteiger partial charge in [-0.25, -0.2) is 14.3 Å². The molecule has 1 amide bonds. The smallest absolute Gasteiger partial charge is 0.404 e. The fourth-order valence-electron chi connectivity index (χ4n) is 2.27. The van der Waals surface area contributed by atoms with Gasteiger partial charge in [-0.15, -0.1) is 0 Å². The van der Waals surface area contributed by atoms with Gasteiger partial charge in [-0.2, -0.15) is 5.10 Å². The lowest BCUT2D eigenvalue weighted by atomic mass is 10.1. The first-order valence-corrected chi connectivity index (χ1v) is 7.12. The van der Waals surface area contributed by atoms with Crippen molar-refractivity contribution in [1.29, 1.82) is 0 Å². The SMILES string of the molecule is CN(C)c1cccc(-c2cc3ncc(CNC(=O)O)cn3n2)c1. The van der Waals surface area contributed by atoms with E-state index in [2.05, 4.69) is 21.5 Å². The topological polar surface area (TPSA) is 82.8 Å². The zero-order valence-corrected chi connectivity index (χ0v) is 12.9. The number of hydrogen-bond acceptors (Lipinski definition) is 4. The molecule has 0 unspecified atom stereocenters. The van der Waals surface area contributed by atoms with Crippen LogP contribution in [0, 0.1) is 0 Å². The van der Waals surface area contributed by atoms with Gasteiger partial charge in [0.1, 0.15) is 0 Å². The molecule has 7 heteroatoms. The summed E-state index contributed by atoms with van der Waals surface area (Å²) in [5, 5.41) is 15.5. The third-order valence-corrected chi connectivity index (χ3v) is 3.47.